The maximum Gasteiger partial charge on any atom is 0.164 e. The molecule has 1 heterocycles. The molecule has 4 rings (SSSR count). The Kier molecular flexibility index (Phi) is 9.67. The number of benzene rings is 3. The Bertz CT molecular complexity index is 1190. The highest BCUT2D eigenvalue weighted by Crippen LogP contribution is 2.35. The second-order valence-electron chi connectivity index (χ2n) is 9.70. The summed E-state index contributed by atoms with van der Waals surface area (Å²) in [5.74, 6) is -1.21. The summed E-state index contributed by atoms with van der Waals surface area (Å²) >= 11 is 0. The molecule has 0 amide bonds. The van der Waals surface area contributed by atoms with Crippen LogP contribution < -0.4 is 9.47 Å². The van der Waals surface area contributed by atoms with Crippen LogP contribution in [0.4, 0.5) is 17.6 Å². The number of halogens is 4. The molecule has 3 atom stereocenters. The number of hydrogen-bond donors (Lipinski definition) is 0. The smallest absolute Gasteiger partial charge is 0.164 e. The lowest BCUT2D eigenvalue weighted by Gasteiger charge is -2.30. The highest BCUT2D eigenvalue weighted by Gasteiger charge is 2.28. The van der Waals surface area contributed by atoms with Crippen molar-refractivity contribution in [1.82, 2.24) is 0 Å². The molecule has 7 heteroatoms. The number of ether oxygens (including phenoxy) is 3. The van der Waals surface area contributed by atoms with Gasteiger partial charge in [-0.15, -0.1) is 0 Å². The Morgan fingerprint density at radius 2 is 1.66 bits per heavy atom. The van der Waals surface area contributed by atoms with E-state index in [4.69, 9.17) is 14.2 Å². The van der Waals surface area contributed by atoms with Crippen molar-refractivity contribution in [3.05, 3.63) is 83.2 Å². The molecule has 1 aliphatic rings. The van der Waals surface area contributed by atoms with Crippen molar-refractivity contribution in [2.24, 2.45) is 5.92 Å². The molecular weight excluding hydrogens is 496 g/mol. The summed E-state index contributed by atoms with van der Waals surface area (Å²) in [6.45, 7) is 4.41. The van der Waals surface area contributed by atoms with Gasteiger partial charge in [0, 0.05) is 17.2 Å². The SMILES string of the molecule is CCCc1ccc(C2CCC(CC(F)COc3ccc(-c4ccc(OCC)cc4)c(F)c3)CO2)c(F)c1F. The lowest BCUT2D eigenvalue weighted by Crippen LogP contribution is -2.26. The Morgan fingerprint density at radius 1 is 0.895 bits per heavy atom. The minimum absolute atomic E-state index is 0.0594. The zero-order chi connectivity index (χ0) is 27.1. The largest absolute Gasteiger partial charge is 0.494 e. The first-order valence-electron chi connectivity index (χ1n) is 13.3. The van der Waals surface area contributed by atoms with Crippen LogP contribution in [0.25, 0.3) is 11.1 Å². The summed E-state index contributed by atoms with van der Waals surface area (Å²) in [5, 5.41) is 0. The molecule has 38 heavy (non-hydrogen) atoms. The monoisotopic (exact) mass is 530 g/mol. The van der Waals surface area contributed by atoms with E-state index in [1.807, 2.05) is 13.8 Å². The zero-order valence-corrected chi connectivity index (χ0v) is 21.8. The molecular formula is C31H34F4O3. The lowest BCUT2D eigenvalue weighted by atomic mass is 9.90. The molecule has 204 valence electrons. The van der Waals surface area contributed by atoms with E-state index in [1.54, 1.807) is 48.5 Å². The third-order valence-corrected chi connectivity index (χ3v) is 6.87. The van der Waals surface area contributed by atoms with Crippen LogP contribution in [-0.4, -0.2) is 26.0 Å². The normalized spacial score (nSPS) is 18.3. The third kappa shape index (κ3) is 6.87. The van der Waals surface area contributed by atoms with Gasteiger partial charge in [0.25, 0.3) is 0 Å². The van der Waals surface area contributed by atoms with Crippen LogP contribution in [0.3, 0.4) is 0 Å². The molecule has 0 spiro atoms. The van der Waals surface area contributed by atoms with Crippen molar-refractivity contribution in [1.29, 1.82) is 0 Å². The molecule has 3 aromatic carbocycles. The molecule has 0 aromatic heterocycles. The zero-order valence-electron chi connectivity index (χ0n) is 21.8. The van der Waals surface area contributed by atoms with Crippen LogP contribution in [0.2, 0.25) is 0 Å². The van der Waals surface area contributed by atoms with E-state index >= 15 is 0 Å². The molecule has 0 N–H and O–H groups in total. The predicted octanol–water partition coefficient (Wildman–Crippen LogP) is 8.40. The van der Waals surface area contributed by atoms with E-state index in [1.165, 1.54) is 6.07 Å². The maximum atomic E-state index is 14.7. The third-order valence-electron chi connectivity index (χ3n) is 6.87. The van der Waals surface area contributed by atoms with E-state index in [-0.39, 0.29) is 36.9 Å². The predicted molar refractivity (Wildman–Crippen MR) is 140 cm³/mol. The molecule has 3 aromatic rings. The Hall–Kier alpha value is -3.06. The van der Waals surface area contributed by atoms with Crippen molar-refractivity contribution >= 4 is 0 Å². The summed E-state index contributed by atoms with van der Waals surface area (Å²) in [5.41, 5.74) is 1.71. The van der Waals surface area contributed by atoms with Crippen LogP contribution >= 0.6 is 0 Å². The highest BCUT2D eigenvalue weighted by molar-refractivity contribution is 5.65. The standard InChI is InChI=1S/C31H34F4O3/c1-3-5-22-9-13-27(31(35)30(22)34)29-15-6-20(18-38-29)16-23(32)19-37-25-12-14-26(28(33)17-25)21-7-10-24(11-8-21)36-4-2/h7-14,17,20,23,29H,3-6,15-16,18-19H2,1-2H3. The quantitative estimate of drug-likeness (QED) is 0.233. The number of alkyl halides is 1. The van der Waals surface area contributed by atoms with Crippen molar-refractivity contribution in [3.8, 4) is 22.6 Å². The van der Waals surface area contributed by atoms with Crippen LogP contribution in [0.5, 0.6) is 11.5 Å². The van der Waals surface area contributed by atoms with Crippen molar-refractivity contribution in [3.63, 3.8) is 0 Å². The van der Waals surface area contributed by atoms with Crippen LogP contribution in [0, 0.1) is 23.4 Å². The van der Waals surface area contributed by atoms with E-state index in [9.17, 15) is 17.6 Å². The van der Waals surface area contributed by atoms with Crippen molar-refractivity contribution in [2.45, 2.75) is 58.2 Å². The molecule has 0 aliphatic carbocycles. The Morgan fingerprint density at radius 3 is 2.32 bits per heavy atom. The van der Waals surface area contributed by atoms with Gasteiger partial charge < -0.3 is 14.2 Å². The first-order valence-corrected chi connectivity index (χ1v) is 13.3. The Labute approximate surface area is 221 Å². The van der Waals surface area contributed by atoms with Crippen molar-refractivity contribution < 1.29 is 31.8 Å². The van der Waals surface area contributed by atoms with Gasteiger partial charge in [-0.05, 0) is 73.9 Å². The summed E-state index contributed by atoms with van der Waals surface area (Å²) in [6.07, 6.45) is 0.741. The van der Waals surface area contributed by atoms with Crippen LogP contribution in [0.15, 0.2) is 54.6 Å². The van der Waals surface area contributed by atoms with Gasteiger partial charge >= 0.3 is 0 Å². The minimum atomic E-state index is -1.27. The average molecular weight is 531 g/mol. The van der Waals surface area contributed by atoms with Gasteiger partial charge in [0.15, 0.2) is 11.6 Å². The second-order valence-corrected chi connectivity index (χ2v) is 9.70. The molecule has 1 fully saturated rings. The molecule has 3 nitrogen and oxygen atoms in total. The Balaban J connectivity index is 1.25. The second kappa shape index (κ2) is 13.1. The fraction of sp³-hybridized carbons (Fsp3) is 0.419. The van der Waals surface area contributed by atoms with E-state index in [0.717, 1.165) is 6.42 Å². The van der Waals surface area contributed by atoms with E-state index in [0.29, 0.717) is 48.3 Å². The van der Waals surface area contributed by atoms with Gasteiger partial charge in [0.2, 0.25) is 0 Å². The van der Waals surface area contributed by atoms with Gasteiger partial charge in [-0.3, -0.25) is 0 Å². The minimum Gasteiger partial charge on any atom is -0.494 e. The van der Waals surface area contributed by atoms with Gasteiger partial charge in [0.1, 0.15) is 30.1 Å². The van der Waals surface area contributed by atoms with Gasteiger partial charge in [0.05, 0.1) is 19.3 Å². The summed E-state index contributed by atoms with van der Waals surface area (Å²) in [6, 6.07) is 14.8. The number of rotatable bonds is 11. The molecule has 1 aliphatic heterocycles. The van der Waals surface area contributed by atoms with E-state index < -0.39 is 29.7 Å². The lowest BCUT2D eigenvalue weighted by molar-refractivity contribution is -0.0286. The van der Waals surface area contributed by atoms with E-state index in [2.05, 4.69) is 0 Å². The number of hydrogen-bond acceptors (Lipinski definition) is 3. The molecule has 0 saturated carbocycles. The highest BCUT2D eigenvalue weighted by atomic mass is 19.2. The fourth-order valence-electron chi connectivity index (χ4n) is 4.89. The molecule has 1 saturated heterocycles. The summed E-state index contributed by atoms with van der Waals surface area (Å²) in [4.78, 5) is 0. The van der Waals surface area contributed by atoms with Crippen molar-refractivity contribution in [2.75, 3.05) is 19.8 Å². The molecule has 3 unspecified atom stereocenters. The van der Waals surface area contributed by atoms with Crippen LogP contribution in [-0.2, 0) is 11.2 Å². The summed E-state index contributed by atoms with van der Waals surface area (Å²) in [7, 11) is 0. The fourth-order valence-corrected chi connectivity index (χ4v) is 4.89. The van der Waals surface area contributed by atoms with Gasteiger partial charge in [-0.1, -0.05) is 37.6 Å². The topological polar surface area (TPSA) is 27.7 Å². The first kappa shape index (κ1) is 28.0. The van der Waals surface area contributed by atoms with Gasteiger partial charge in [-0.2, -0.15) is 0 Å². The van der Waals surface area contributed by atoms with Crippen LogP contribution in [0.1, 0.15) is 56.8 Å². The average Bonchev–Trinajstić information content (AvgIpc) is 2.92. The molecule has 0 bridgehead atoms. The number of aryl methyl sites for hydroxylation is 1. The summed E-state index contributed by atoms with van der Waals surface area (Å²) < 4.78 is 75.0. The maximum absolute atomic E-state index is 14.7. The van der Waals surface area contributed by atoms with Gasteiger partial charge in [-0.25, -0.2) is 17.6 Å². The molecule has 0 radical (unpaired) electrons. The first-order chi connectivity index (χ1) is 18.4.